The number of morpholine rings is 1. The third-order valence-electron chi connectivity index (χ3n) is 4.15. The zero-order valence-corrected chi connectivity index (χ0v) is 11.4. The Labute approximate surface area is 109 Å². The first kappa shape index (κ1) is 13.8. The Kier molecular flexibility index (Phi) is 4.97. The molecule has 0 aromatic rings. The molecule has 18 heavy (non-hydrogen) atoms. The van der Waals surface area contributed by atoms with Crippen LogP contribution in [0.15, 0.2) is 0 Å². The first-order valence-electron chi connectivity index (χ1n) is 7.01. The van der Waals surface area contributed by atoms with Crippen LogP contribution in [0.4, 0.5) is 0 Å². The van der Waals surface area contributed by atoms with E-state index in [1.54, 1.807) is 0 Å². The van der Waals surface area contributed by atoms with Crippen LogP contribution in [0.2, 0.25) is 0 Å². The summed E-state index contributed by atoms with van der Waals surface area (Å²) in [6.45, 7) is 9.60. The number of hydrogen-bond donors (Lipinski definition) is 2. The second kappa shape index (κ2) is 6.50. The van der Waals surface area contributed by atoms with Crippen molar-refractivity contribution < 1.29 is 9.53 Å². The van der Waals surface area contributed by atoms with Crippen LogP contribution in [0.1, 0.15) is 20.3 Å². The van der Waals surface area contributed by atoms with E-state index in [9.17, 15) is 4.79 Å². The van der Waals surface area contributed by atoms with Gasteiger partial charge in [0, 0.05) is 31.7 Å². The van der Waals surface area contributed by atoms with Crippen molar-refractivity contribution in [2.75, 3.05) is 39.4 Å². The Morgan fingerprint density at radius 2 is 2.11 bits per heavy atom. The average Bonchev–Trinajstić information content (AvgIpc) is 2.92. The third-order valence-corrected chi connectivity index (χ3v) is 4.15. The molecule has 0 bridgehead atoms. The Morgan fingerprint density at radius 1 is 1.39 bits per heavy atom. The predicted octanol–water partition coefficient (Wildman–Crippen LogP) is -0.179. The maximum atomic E-state index is 12.0. The van der Waals surface area contributed by atoms with Gasteiger partial charge in [-0.2, -0.15) is 0 Å². The first-order chi connectivity index (χ1) is 8.68. The topological polar surface area (TPSA) is 53.6 Å². The summed E-state index contributed by atoms with van der Waals surface area (Å²) in [6.07, 6.45) is 0.963. The summed E-state index contributed by atoms with van der Waals surface area (Å²) in [5, 5.41) is 6.39. The van der Waals surface area contributed by atoms with Crippen LogP contribution in [0.3, 0.4) is 0 Å². The molecule has 3 atom stereocenters. The van der Waals surface area contributed by atoms with E-state index in [1.807, 2.05) is 0 Å². The predicted molar refractivity (Wildman–Crippen MR) is 70.4 cm³/mol. The van der Waals surface area contributed by atoms with Crippen LogP contribution >= 0.6 is 0 Å². The average molecular weight is 255 g/mol. The van der Waals surface area contributed by atoms with Gasteiger partial charge >= 0.3 is 0 Å². The van der Waals surface area contributed by atoms with E-state index >= 15 is 0 Å². The summed E-state index contributed by atoms with van der Waals surface area (Å²) in [7, 11) is 0. The first-order valence-corrected chi connectivity index (χ1v) is 7.01. The summed E-state index contributed by atoms with van der Waals surface area (Å²) in [5.41, 5.74) is 0. The number of hydrogen-bond acceptors (Lipinski definition) is 4. The maximum Gasteiger partial charge on any atom is 0.224 e. The minimum absolute atomic E-state index is 0.157. The lowest BCUT2D eigenvalue weighted by Gasteiger charge is -2.36. The highest BCUT2D eigenvalue weighted by molar-refractivity contribution is 5.79. The number of carbonyl (C=O) groups excluding carboxylic acids is 1. The molecule has 104 valence electrons. The molecule has 3 unspecified atom stereocenters. The Bertz CT molecular complexity index is 273. The Hall–Kier alpha value is -0.650. The molecule has 0 aromatic carbocycles. The molecule has 1 amide bonds. The standard InChI is InChI=1S/C13H25N3O2/c1-10(11(2)16-5-7-18-8-6-16)15-13(17)12-3-4-14-9-12/h10-12,14H,3-9H2,1-2H3,(H,15,17). The third kappa shape index (κ3) is 3.43. The normalized spacial score (nSPS) is 28.9. The fraction of sp³-hybridized carbons (Fsp3) is 0.923. The zero-order chi connectivity index (χ0) is 13.0. The van der Waals surface area contributed by atoms with Crippen molar-refractivity contribution in [2.45, 2.75) is 32.4 Å². The molecule has 2 heterocycles. The van der Waals surface area contributed by atoms with E-state index in [-0.39, 0.29) is 17.9 Å². The van der Waals surface area contributed by atoms with E-state index < -0.39 is 0 Å². The number of carbonyl (C=O) groups is 1. The monoisotopic (exact) mass is 255 g/mol. The van der Waals surface area contributed by atoms with Crippen molar-refractivity contribution in [3.63, 3.8) is 0 Å². The summed E-state index contributed by atoms with van der Waals surface area (Å²) in [4.78, 5) is 14.4. The van der Waals surface area contributed by atoms with Gasteiger partial charge in [-0.05, 0) is 26.8 Å². The molecular formula is C13H25N3O2. The number of nitrogens with zero attached hydrogens (tertiary/aromatic N) is 1. The number of ether oxygens (including phenoxy) is 1. The van der Waals surface area contributed by atoms with E-state index in [1.165, 1.54) is 0 Å². The summed E-state index contributed by atoms with van der Waals surface area (Å²) >= 11 is 0. The maximum absolute atomic E-state index is 12.0. The summed E-state index contributed by atoms with van der Waals surface area (Å²) < 4.78 is 5.35. The van der Waals surface area contributed by atoms with Gasteiger partial charge in [0.15, 0.2) is 0 Å². The van der Waals surface area contributed by atoms with Gasteiger partial charge in [-0.3, -0.25) is 9.69 Å². The van der Waals surface area contributed by atoms with Crippen molar-refractivity contribution in [3.8, 4) is 0 Å². The SMILES string of the molecule is CC(NC(=O)C1CCNC1)C(C)N1CCOCC1. The molecule has 2 fully saturated rings. The highest BCUT2D eigenvalue weighted by Crippen LogP contribution is 2.11. The van der Waals surface area contributed by atoms with Gasteiger partial charge in [-0.15, -0.1) is 0 Å². The van der Waals surface area contributed by atoms with Crippen molar-refractivity contribution in [2.24, 2.45) is 5.92 Å². The summed E-state index contributed by atoms with van der Waals surface area (Å²) in [5.74, 6) is 0.358. The van der Waals surface area contributed by atoms with Gasteiger partial charge in [-0.25, -0.2) is 0 Å². The van der Waals surface area contributed by atoms with Crippen LogP contribution in [-0.2, 0) is 9.53 Å². The van der Waals surface area contributed by atoms with Crippen LogP contribution in [-0.4, -0.2) is 62.3 Å². The van der Waals surface area contributed by atoms with Gasteiger partial charge in [-0.1, -0.05) is 0 Å². The van der Waals surface area contributed by atoms with Crippen LogP contribution in [0, 0.1) is 5.92 Å². The van der Waals surface area contributed by atoms with Gasteiger partial charge in [0.2, 0.25) is 5.91 Å². The zero-order valence-electron chi connectivity index (χ0n) is 11.4. The molecule has 2 aliphatic heterocycles. The minimum Gasteiger partial charge on any atom is -0.379 e. The molecule has 0 aliphatic carbocycles. The van der Waals surface area contributed by atoms with Crippen molar-refractivity contribution in [1.82, 2.24) is 15.5 Å². The van der Waals surface area contributed by atoms with Crippen LogP contribution in [0.5, 0.6) is 0 Å². The summed E-state index contributed by atoms with van der Waals surface area (Å²) in [6, 6.07) is 0.559. The number of rotatable bonds is 4. The molecule has 2 aliphatic rings. The molecule has 2 saturated heterocycles. The van der Waals surface area contributed by atoms with Crippen LogP contribution in [0.25, 0.3) is 0 Å². The van der Waals surface area contributed by atoms with Crippen LogP contribution < -0.4 is 10.6 Å². The highest BCUT2D eigenvalue weighted by Gasteiger charge is 2.27. The van der Waals surface area contributed by atoms with E-state index in [0.717, 1.165) is 45.8 Å². The van der Waals surface area contributed by atoms with E-state index in [4.69, 9.17) is 4.74 Å². The molecule has 5 heteroatoms. The molecular weight excluding hydrogens is 230 g/mol. The largest absolute Gasteiger partial charge is 0.379 e. The fourth-order valence-electron chi connectivity index (χ4n) is 2.64. The molecule has 0 saturated carbocycles. The van der Waals surface area contributed by atoms with E-state index in [2.05, 4.69) is 29.4 Å². The smallest absolute Gasteiger partial charge is 0.224 e. The fourth-order valence-corrected chi connectivity index (χ4v) is 2.64. The van der Waals surface area contributed by atoms with Gasteiger partial charge < -0.3 is 15.4 Å². The van der Waals surface area contributed by atoms with Gasteiger partial charge in [0.05, 0.1) is 19.1 Å². The molecule has 2 N–H and O–H groups in total. The van der Waals surface area contributed by atoms with Crippen molar-refractivity contribution in [1.29, 1.82) is 0 Å². The van der Waals surface area contributed by atoms with Gasteiger partial charge in [0.1, 0.15) is 0 Å². The van der Waals surface area contributed by atoms with E-state index in [0.29, 0.717) is 6.04 Å². The lowest BCUT2D eigenvalue weighted by Crippen LogP contribution is -2.53. The second-order valence-corrected chi connectivity index (χ2v) is 5.38. The Balaban J connectivity index is 1.78. The molecule has 5 nitrogen and oxygen atoms in total. The Morgan fingerprint density at radius 3 is 2.72 bits per heavy atom. The lowest BCUT2D eigenvalue weighted by atomic mass is 10.1. The minimum atomic E-state index is 0.157. The van der Waals surface area contributed by atoms with Crippen molar-refractivity contribution in [3.05, 3.63) is 0 Å². The number of nitrogens with one attached hydrogen (secondary N) is 2. The van der Waals surface area contributed by atoms with Crippen molar-refractivity contribution >= 4 is 5.91 Å². The van der Waals surface area contributed by atoms with Gasteiger partial charge in [0.25, 0.3) is 0 Å². The quantitative estimate of drug-likeness (QED) is 0.732. The molecule has 0 spiro atoms. The molecule has 0 radical (unpaired) electrons. The lowest BCUT2D eigenvalue weighted by molar-refractivity contribution is -0.125. The molecule has 2 rings (SSSR count). The highest BCUT2D eigenvalue weighted by atomic mass is 16.5. The molecule has 0 aromatic heterocycles. The number of amides is 1. The second-order valence-electron chi connectivity index (χ2n) is 5.38.